The molecule has 1 amide bonds. The number of aryl methyl sites for hydroxylation is 1. The van der Waals surface area contributed by atoms with E-state index in [-0.39, 0.29) is 45.2 Å². The zero-order valence-electron chi connectivity index (χ0n) is 26.0. The maximum absolute atomic E-state index is 14.0. The van der Waals surface area contributed by atoms with Gasteiger partial charge >= 0.3 is 12.1 Å². The Balaban J connectivity index is 1.79. The number of hydrogen-bond acceptors (Lipinski definition) is 7. The van der Waals surface area contributed by atoms with Crippen LogP contribution in [-0.4, -0.2) is 62.9 Å². The predicted octanol–water partition coefficient (Wildman–Crippen LogP) is 5.09. The van der Waals surface area contributed by atoms with Crippen LogP contribution >= 0.6 is 0 Å². The van der Waals surface area contributed by atoms with Crippen molar-refractivity contribution in [3.63, 3.8) is 0 Å². The fourth-order valence-corrected chi connectivity index (χ4v) is 8.43. The van der Waals surface area contributed by atoms with E-state index in [0.29, 0.717) is 5.56 Å². The number of sulfone groups is 1. The molecule has 2 atom stereocenters. The number of nitrogens with zero attached hydrogens (tertiary/aromatic N) is 1. The molecule has 0 saturated carbocycles. The largest absolute Gasteiger partial charge is 0.481 e. The van der Waals surface area contributed by atoms with Gasteiger partial charge in [-0.15, -0.1) is 0 Å². The number of halogens is 3. The molecule has 1 heterocycles. The number of rotatable bonds is 17. The van der Waals surface area contributed by atoms with Gasteiger partial charge in [0.2, 0.25) is 15.9 Å². The normalized spacial score (nSPS) is 13.6. The molecule has 3 aromatic rings. The molecule has 0 fully saturated rings. The van der Waals surface area contributed by atoms with Gasteiger partial charge in [0, 0.05) is 38.3 Å². The molecule has 10 nitrogen and oxygen atoms in total. The van der Waals surface area contributed by atoms with Crippen molar-refractivity contribution in [2.24, 2.45) is 0 Å². The summed E-state index contributed by atoms with van der Waals surface area (Å²) in [5.74, 6) is -2.84. The molecule has 0 saturated heterocycles. The van der Waals surface area contributed by atoms with Crippen LogP contribution in [0.15, 0.2) is 71.9 Å². The van der Waals surface area contributed by atoms with Gasteiger partial charge in [-0.2, -0.15) is 13.2 Å². The molecule has 0 aliphatic rings. The molecular weight excluding hydrogens is 659 g/mol. The summed E-state index contributed by atoms with van der Waals surface area (Å²) in [5.41, 5.74) is 1.85. The zero-order valence-corrected chi connectivity index (χ0v) is 27.6. The average molecular weight is 698 g/mol. The van der Waals surface area contributed by atoms with Crippen molar-refractivity contribution < 1.29 is 44.7 Å². The molecule has 15 heteroatoms. The van der Waals surface area contributed by atoms with E-state index in [1.165, 1.54) is 6.07 Å². The Morgan fingerprint density at radius 3 is 2.36 bits per heavy atom. The van der Waals surface area contributed by atoms with Crippen LogP contribution in [0.2, 0.25) is 0 Å². The van der Waals surface area contributed by atoms with Crippen LogP contribution in [0.1, 0.15) is 61.6 Å². The number of alkyl halides is 3. The molecule has 0 aliphatic heterocycles. The zero-order chi connectivity index (χ0) is 34.8. The highest BCUT2D eigenvalue weighted by Crippen LogP contribution is 2.39. The number of carbonyl (C=O) groups is 2. The third-order valence-electron chi connectivity index (χ3n) is 7.67. The number of benzene rings is 2. The molecule has 0 bridgehead atoms. The number of carbonyl (C=O) groups excluding carboxylic acids is 1. The maximum atomic E-state index is 14.0. The lowest BCUT2D eigenvalue weighted by Gasteiger charge is -2.26. The molecule has 3 N–H and O–H groups in total. The topological polar surface area (TPSA) is 160 Å². The first-order valence-electron chi connectivity index (χ1n) is 14.9. The fraction of sp³-hybridized carbons (Fsp3) is 0.406. The lowest BCUT2D eigenvalue weighted by atomic mass is 9.91. The van der Waals surface area contributed by atoms with Crippen LogP contribution in [0.4, 0.5) is 13.2 Å². The maximum Gasteiger partial charge on any atom is 0.417 e. The van der Waals surface area contributed by atoms with Crippen LogP contribution in [0.25, 0.3) is 11.1 Å². The molecule has 3 rings (SSSR count). The highest BCUT2D eigenvalue weighted by atomic mass is 32.2. The summed E-state index contributed by atoms with van der Waals surface area (Å²) in [6, 6.07) is 12.9. The van der Waals surface area contributed by atoms with Crippen molar-refractivity contribution in [1.82, 2.24) is 15.0 Å². The second kappa shape index (κ2) is 16.3. The van der Waals surface area contributed by atoms with E-state index >= 15 is 0 Å². The average Bonchev–Trinajstić information content (AvgIpc) is 3.01. The third-order valence-corrected chi connectivity index (χ3v) is 11.5. The minimum absolute atomic E-state index is 0.00238. The van der Waals surface area contributed by atoms with Crippen molar-refractivity contribution in [3.8, 4) is 11.1 Å². The highest BCUT2D eigenvalue weighted by molar-refractivity contribution is 7.92. The Labute approximate surface area is 272 Å². The van der Waals surface area contributed by atoms with Crippen molar-refractivity contribution in [1.29, 1.82) is 0 Å². The summed E-state index contributed by atoms with van der Waals surface area (Å²) >= 11 is 0. The van der Waals surface area contributed by atoms with E-state index in [1.54, 1.807) is 37.5 Å². The molecule has 0 spiro atoms. The molecule has 1 unspecified atom stereocenters. The Hall–Kier alpha value is -3.82. The van der Waals surface area contributed by atoms with Gasteiger partial charge in [0.15, 0.2) is 9.84 Å². The van der Waals surface area contributed by atoms with Crippen LogP contribution in [0.5, 0.6) is 0 Å². The van der Waals surface area contributed by atoms with Crippen LogP contribution in [0.3, 0.4) is 0 Å². The van der Waals surface area contributed by atoms with Gasteiger partial charge in [0.1, 0.15) is 0 Å². The van der Waals surface area contributed by atoms with E-state index in [9.17, 15) is 39.6 Å². The quantitative estimate of drug-likeness (QED) is 0.165. The van der Waals surface area contributed by atoms with E-state index in [0.717, 1.165) is 34.9 Å². The third kappa shape index (κ3) is 10.9. The van der Waals surface area contributed by atoms with Crippen LogP contribution in [-0.2, 0) is 35.6 Å². The SMILES string of the molecule is Cc1cnccc1-c1cccc([C@H](C)C(CCCC(=O)NCCS(=O)(=O)NCCCC(=O)O)S(=O)(=O)c2ccccc2C(F)(F)F)c1. The fourth-order valence-electron chi connectivity index (χ4n) is 5.20. The molecule has 256 valence electrons. The number of carboxylic acids is 1. The number of pyridine rings is 1. The highest BCUT2D eigenvalue weighted by Gasteiger charge is 2.41. The monoisotopic (exact) mass is 697 g/mol. The van der Waals surface area contributed by atoms with Crippen molar-refractivity contribution in [2.45, 2.75) is 68.2 Å². The summed E-state index contributed by atoms with van der Waals surface area (Å²) in [4.78, 5) is 26.3. The summed E-state index contributed by atoms with van der Waals surface area (Å²) < 4.78 is 96.2. The molecule has 1 aromatic heterocycles. The standard InChI is InChI=1S/C32H38F3N3O7S2/c1-22-21-36-17-15-26(22)25-9-5-8-24(20-25)23(2)28(47(44,45)29-11-4-3-10-27(29)32(33,34)35)12-6-13-30(39)37-18-19-46(42,43)38-16-7-14-31(40)41/h3-5,8-11,15,17,20-21,23,28,38H,6-7,12-14,16,18-19H2,1-2H3,(H,37,39)(H,40,41)/t23-,28?/m0/s1. The van der Waals surface area contributed by atoms with Crippen molar-refractivity contribution in [2.75, 3.05) is 18.8 Å². The number of hydrogen-bond donors (Lipinski definition) is 3. The Morgan fingerprint density at radius 2 is 1.68 bits per heavy atom. The second-order valence-corrected chi connectivity index (χ2v) is 15.2. The first-order chi connectivity index (χ1) is 22.0. The van der Waals surface area contributed by atoms with Crippen molar-refractivity contribution in [3.05, 3.63) is 83.7 Å². The number of sulfonamides is 1. The minimum atomic E-state index is -4.92. The predicted molar refractivity (Wildman–Crippen MR) is 171 cm³/mol. The minimum Gasteiger partial charge on any atom is -0.481 e. The molecule has 0 aliphatic carbocycles. The summed E-state index contributed by atoms with van der Waals surface area (Å²) in [7, 11) is -8.36. The van der Waals surface area contributed by atoms with E-state index < -0.39 is 65.3 Å². The summed E-state index contributed by atoms with van der Waals surface area (Å²) in [6.45, 7) is 3.19. The lowest BCUT2D eigenvalue weighted by Crippen LogP contribution is -2.35. The van der Waals surface area contributed by atoms with Crippen LogP contribution in [0, 0.1) is 6.92 Å². The van der Waals surface area contributed by atoms with Gasteiger partial charge in [-0.25, -0.2) is 21.6 Å². The van der Waals surface area contributed by atoms with Gasteiger partial charge in [-0.05, 0) is 72.6 Å². The van der Waals surface area contributed by atoms with Crippen LogP contribution < -0.4 is 10.0 Å². The van der Waals surface area contributed by atoms with E-state index in [1.807, 2.05) is 19.1 Å². The van der Waals surface area contributed by atoms with Gasteiger partial charge in [0.25, 0.3) is 0 Å². The van der Waals surface area contributed by atoms with Gasteiger partial charge in [-0.3, -0.25) is 14.6 Å². The molecule has 2 aromatic carbocycles. The van der Waals surface area contributed by atoms with E-state index in [2.05, 4.69) is 15.0 Å². The van der Waals surface area contributed by atoms with Gasteiger partial charge in [-0.1, -0.05) is 43.3 Å². The number of amides is 1. The second-order valence-electron chi connectivity index (χ2n) is 11.1. The lowest BCUT2D eigenvalue weighted by molar-refractivity contribution is -0.140. The number of aliphatic carboxylic acids is 1. The van der Waals surface area contributed by atoms with Gasteiger partial charge in [0.05, 0.1) is 21.5 Å². The number of carboxylic acid groups (broad SMARTS) is 1. The van der Waals surface area contributed by atoms with Gasteiger partial charge < -0.3 is 10.4 Å². The smallest absolute Gasteiger partial charge is 0.417 e. The van der Waals surface area contributed by atoms with Crippen molar-refractivity contribution >= 4 is 31.7 Å². The first-order valence-corrected chi connectivity index (χ1v) is 18.1. The Kier molecular flexibility index (Phi) is 13.1. The van der Waals surface area contributed by atoms with E-state index in [4.69, 9.17) is 5.11 Å². The number of nitrogens with one attached hydrogen (secondary N) is 2. The first kappa shape index (κ1) is 37.6. The number of aromatic nitrogens is 1. The molecule has 0 radical (unpaired) electrons. The molecule has 47 heavy (non-hydrogen) atoms. The Morgan fingerprint density at radius 1 is 0.957 bits per heavy atom. The molecular formula is C32H38F3N3O7S2. The summed E-state index contributed by atoms with van der Waals surface area (Å²) in [6.07, 6.45) is -2.05. The Bertz CT molecular complexity index is 1770. The summed E-state index contributed by atoms with van der Waals surface area (Å²) in [5, 5.41) is 9.77.